The van der Waals surface area contributed by atoms with Crippen LogP contribution in [0.5, 0.6) is 0 Å². The summed E-state index contributed by atoms with van der Waals surface area (Å²) in [4.78, 5) is 4.95. The van der Waals surface area contributed by atoms with Gasteiger partial charge in [-0.25, -0.2) is 4.98 Å². The van der Waals surface area contributed by atoms with Crippen molar-refractivity contribution in [3.05, 3.63) is 65.5 Å². The maximum atomic E-state index is 5.60. The van der Waals surface area contributed by atoms with Gasteiger partial charge in [-0.1, -0.05) is 57.2 Å². The Morgan fingerprint density at radius 2 is 1.73 bits per heavy atom. The van der Waals surface area contributed by atoms with Gasteiger partial charge in [0.25, 0.3) is 0 Å². The highest BCUT2D eigenvalue weighted by atomic mass is 16.5. The largest absolute Gasteiger partial charge is 0.380 e. The van der Waals surface area contributed by atoms with Crippen LogP contribution < -0.4 is 0 Å². The molecule has 0 fully saturated rings. The van der Waals surface area contributed by atoms with Crippen molar-refractivity contribution < 1.29 is 4.74 Å². The Balaban J connectivity index is 1.91. The smallest absolute Gasteiger partial charge is 0.117 e. The summed E-state index contributed by atoms with van der Waals surface area (Å²) in [5, 5.41) is 0. The second-order valence-electron chi connectivity index (χ2n) is 7.37. The molecule has 1 unspecified atom stereocenters. The van der Waals surface area contributed by atoms with Crippen molar-refractivity contribution in [2.24, 2.45) is 5.92 Å². The van der Waals surface area contributed by atoms with Crippen LogP contribution in [-0.4, -0.2) is 22.8 Å². The van der Waals surface area contributed by atoms with Crippen LogP contribution in [0.15, 0.2) is 48.5 Å². The van der Waals surface area contributed by atoms with Crippen molar-refractivity contribution in [1.82, 2.24) is 9.55 Å². The summed E-state index contributed by atoms with van der Waals surface area (Å²) in [5.41, 5.74) is 4.96. The molecule has 0 N–H and O–H groups in total. The van der Waals surface area contributed by atoms with Crippen molar-refractivity contribution in [1.29, 1.82) is 0 Å². The predicted octanol–water partition coefficient (Wildman–Crippen LogP) is 5.42. The fraction of sp³-hybridized carbons (Fsp3) is 0.435. The van der Waals surface area contributed by atoms with E-state index in [1.165, 1.54) is 16.6 Å². The van der Waals surface area contributed by atoms with E-state index in [-0.39, 0.29) is 5.92 Å². The maximum Gasteiger partial charge on any atom is 0.117 e. The van der Waals surface area contributed by atoms with Gasteiger partial charge in [-0.05, 0) is 42.5 Å². The summed E-state index contributed by atoms with van der Waals surface area (Å²) in [6.45, 7) is 11.1. The third-order valence-corrected chi connectivity index (χ3v) is 4.86. The third kappa shape index (κ3) is 4.16. The number of rotatable bonds is 8. The summed E-state index contributed by atoms with van der Waals surface area (Å²) in [6.07, 6.45) is 1.13. The zero-order valence-electron chi connectivity index (χ0n) is 16.4. The number of imidazole rings is 1. The van der Waals surface area contributed by atoms with Gasteiger partial charge in [-0.3, -0.25) is 0 Å². The Labute approximate surface area is 157 Å². The zero-order valence-corrected chi connectivity index (χ0v) is 16.4. The molecule has 1 aromatic heterocycles. The number of nitrogens with zero attached hydrogens (tertiary/aromatic N) is 2. The molecule has 3 rings (SSSR count). The number of fused-ring (bicyclic) bond motifs is 1. The standard InChI is InChI=1S/C23H30N2O/c1-5-26-15-14-25-22-9-7-6-8-21(22)24-23(25)18(4)20-12-10-19(11-13-20)16-17(2)3/h6-13,17-18H,5,14-16H2,1-4H3. The summed E-state index contributed by atoms with van der Waals surface area (Å²) < 4.78 is 7.92. The average Bonchev–Trinajstić information content (AvgIpc) is 3.00. The van der Waals surface area contributed by atoms with Gasteiger partial charge in [0.1, 0.15) is 5.82 Å². The van der Waals surface area contributed by atoms with Gasteiger partial charge in [-0.2, -0.15) is 0 Å². The van der Waals surface area contributed by atoms with Crippen LogP contribution in [0.2, 0.25) is 0 Å². The van der Waals surface area contributed by atoms with Crippen molar-refractivity contribution in [3.8, 4) is 0 Å². The van der Waals surface area contributed by atoms with Crippen molar-refractivity contribution in [2.45, 2.75) is 46.6 Å². The van der Waals surface area contributed by atoms with Gasteiger partial charge in [0.2, 0.25) is 0 Å². The van der Waals surface area contributed by atoms with E-state index in [0.29, 0.717) is 12.5 Å². The lowest BCUT2D eigenvalue weighted by Crippen LogP contribution is -2.12. The maximum absolute atomic E-state index is 5.60. The number of para-hydroxylation sites is 2. The number of hydrogen-bond acceptors (Lipinski definition) is 2. The van der Waals surface area contributed by atoms with Crippen LogP contribution in [0.25, 0.3) is 11.0 Å². The van der Waals surface area contributed by atoms with E-state index < -0.39 is 0 Å². The Morgan fingerprint density at radius 3 is 2.42 bits per heavy atom. The monoisotopic (exact) mass is 350 g/mol. The highest BCUT2D eigenvalue weighted by Crippen LogP contribution is 2.28. The highest BCUT2D eigenvalue weighted by molar-refractivity contribution is 5.76. The first-order valence-corrected chi connectivity index (χ1v) is 9.72. The topological polar surface area (TPSA) is 27.1 Å². The molecule has 0 aliphatic heterocycles. The second kappa shape index (κ2) is 8.50. The Bertz CT molecular complexity index is 833. The van der Waals surface area contributed by atoms with E-state index in [9.17, 15) is 0 Å². The fourth-order valence-electron chi connectivity index (χ4n) is 3.52. The third-order valence-electron chi connectivity index (χ3n) is 4.86. The Morgan fingerprint density at radius 1 is 1.00 bits per heavy atom. The Kier molecular flexibility index (Phi) is 6.10. The van der Waals surface area contributed by atoms with Crippen LogP contribution in [0.1, 0.15) is 50.6 Å². The van der Waals surface area contributed by atoms with E-state index in [1.54, 1.807) is 0 Å². The van der Waals surface area contributed by atoms with Crippen LogP contribution in [0.4, 0.5) is 0 Å². The Hall–Kier alpha value is -2.13. The van der Waals surface area contributed by atoms with E-state index in [2.05, 4.69) is 73.9 Å². The number of hydrogen-bond donors (Lipinski definition) is 0. The van der Waals surface area contributed by atoms with E-state index in [4.69, 9.17) is 9.72 Å². The summed E-state index contributed by atoms with van der Waals surface area (Å²) in [6, 6.07) is 17.4. The quantitative estimate of drug-likeness (QED) is 0.507. The first-order chi connectivity index (χ1) is 12.6. The molecule has 0 bridgehead atoms. The molecule has 3 aromatic rings. The first-order valence-electron chi connectivity index (χ1n) is 9.72. The molecule has 0 amide bonds. The molecule has 3 nitrogen and oxygen atoms in total. The fourth-order valence-corrected chi connectivity index (χ4v) is 3.52. The van der Waals surface area contributed by atoms with Crippen molar-refractivity contribution in [2.75, 3.05) is 13.2 Å². The van der Waals surface area contributed by atoms with Gasteiger partial charge in [0.15, 0.2) is 0 Å². The van der Waals surface area contributed by atoms with Crippen LogP contribution in [0, 0.1) is 5.92 Å². The van der Waals surface area contributed by atoms with E-state index in [1.807, 2.05) is 6.92 Å². The van der Waals surface area contributed by atoms with Crippen molar-refractivity contribution >= 4 is 11.0 Å². The lowest BCUT2D eigenvalue weighted by atomic mass is 9.96. The normalized spacial score (nSPS) is 12.8. The van der Waals surface area contributed by atoms with E-state index >= 15 is 0 Å². The zero-order chi connectivity index (χ0) is 18.5. The summed E-state index contributed by atoms with van der Waals surface area (Å²) in [5.74, 6) is 2.04. The molecule has 0 spiro atoms. The predicted molar refractivity (Wildman–Crippen MR) is 109 cm³/mol. The van der Waals surface area contributed by atoms with E-state index in [0.717, 1.165) is 30.9 Å². The molecule has 0 aliphatic rings. The van der Waals surface area contributed by atoms with Gasteiger partial charge in [0.05, 0.1) is 17.6 Å². The number of aromatic nitrogens is 2. The molecule has 26 heavy (non-hydrogen) atoms. The minimum absolute atomic E-state index is 0.247. The van der Waals surface area contributed by atoms with Crippen LogP contribution in [0.3, 0.4) is 0 Å². The number of benzene rings is 2. The minimum Gasteiger partial charge on any atom is -0.380 e. The molecular weight excluding hydrogens is 320 g/mol. The molecule has 3 heteroatoms. The molecule has 0 aliphatic carbocycles. The molecule has 2 aromatic carbocycles. The molecule has 1 heterocycles. The van der Waals surface area contributed by atoms with Gasteiger partial charge >= 0.3 is 0 Å². The molecule has 1 atom stereocenters. The molecule has 138 valence electrons. The van der Waals surface area contributed by atoms with Gasteiger partial charge in [0, 0.05) is 19.1 Å². The summed E-state index contributed by atoms with van der Waals surface area (Å²) in [7, 11) is 0. The number of ether oxygens (including phenoxy) is 1. The molecule has 0 radical (unpaired) electrons. The van der Waals surface area contributed by atoms with Gasteiger partial charge in [-0.15, -0.1) is 0 Å². The lowest BCUT2D eigenvalue weighted by molar-refractivity contribution is 0.139. The van der Waals surface area contributed by atoms with Crippen LogP contribution in [-0.2, 0) is 17.7 Å². The van der Waals surface area contributed by atoms with Crippen LogP contribution >= 0.6 is 0 Å². The average molecular weight is 351 g/mol. The SMILES string of the molecule is CCOCCn1c(C(C)c2ccc(CC(C)C)cc2)nc2ccccc21. The minimum atomic E-state index is 0.247. The highest BCUT2D eigenvalue weighted by Gasteiger charge is 2.18. The molecular formula is C23H30N2O. The lowest BCUT2D eigenvalue weighted by Gasteiger charge is -2.16. The second-order valence-corrected chi connectivity index (χ2v) is 7.37. The summed E-state index contributed by atoms with van der Waals surface area (Å²) >= 11 is 0. The molecule has 0 saturated carbocycles. The molecule has 0 saturated heterocycles. The van der Waals surface area contributed by atoms with Gasteiger partial charge < -0.3 is 9.30 Å². The van der Waals surface area contributed by atoms with Crippen molar-refractivity contribution in [3.63, 3.8) is 0 Å². The first kappa shape index (κ1) is 18.7.